The number of ether oxygens (including phenoxy) is 1. The van der Waals surface area contributed by atoms with Crippen molar-refractivity contribution in [1.82, 2.24) is 4.90 Å². The van der Waals surface area contributed by atoms with Crippen LogP contribution in [0.3, 0.4) is 0 Å². The summed E-state index contributed by atoms with van der Waals surface area (Å²) in [5, 5.41) is 0.455. The average molecular weight is 351 g/mol. The molecule has 1 aliphatic heterocycles. The second-order valence-corrected chi connectivity index (χ2v) is 7.09. The minimum Gasteiger partial charge on any atom is -0.452 e. The third kappa shape index (κ3) is 3.66. The summed E-state index contributed by atoms with van der Waals surface area (Å²) >= 11 is 5.82. The monoisotopic (exact) mass is 350 g/mol. The van der Waals surface area contributed by atoms with E-state index in [0.29, 0.717) is 17.0 Å². The van der Waals surface area contributed by atoms with Crippen molar-refractivity contribution in [2.24, 2.45) is 5.92 Å². The Hall–Kier alpha value is -1.75. The molecule has 130 valence electrons. The van der Waals surface area contributed by atoms with Crippen molar-refractivity contribution in [1.29, 1.82) is 0 Å². The number of amides is 1. The highest BCUT2D eigenvalue weighted by atomic mass is 35.5. The van der Waals surface area contributed by atoms with Gasteiger partial charge >= 0.3 is 5.97 Å². The molecule has 1 heterocycles. The molecule has 2 fully saturated rings. The zero-order valence-corrected chi connectivity index (χ0v) is 14.4. The lowest BCUT2D eigenvalue weighted by molar-refractivity contribution is -0.140. The van der Waals surface area contributed by atoms with Gasteiger partial charge in [0.2, 0.25) is 0 Å². The van der Waals surface area contributed by atoms with Crippen molar-refractivity contribution in [2.75, 3.05) is 18.9 Å². The molecule has 0 radical (unpaired) electrons. The number of piperidine rings is 1. The molecule has 0 aromatic heterocycles. The summed E-state index contributed by atoms with van der Waals surface area (Å²) in [7, 11) is 0. The third-order valence-electron chi connectivity index (χ3n) is 5.12. The van der Waals surface area contributed by atoms with E-state index in [-0.39, 0.29) is 23.8 Å². The van der Waals surface area contributed by atoms with Crippen LogP contribution >= 0.6 is 11.6 Å². The van der Waals surface area contributed by atoms with Crippen LogP contribution in [0.1, 0.15) is 48.9 Å². The summed E-state index contributed by atoms with van der Waals surface area (Å²) in [6.45, 7) is 0.532. The Bertz CT molecular complexity index is 633. The molecular formula is C18H23ClN2O3. The van der Waals surface area contributed by atoms with Gasteiger partial charge < -0.3 is 15.4 Å². The molecule has 6 heteroatoms. The van der Waals surface area contributed by atoms with Crippen molar-refractivity contribution in [3.8, 4) is 0 Å². The summed E-state index contributed by atoms with van der Waals surface area (Å²) in [5.41, 5.74) is 6.27. The molecule has 1 aliphatic carbocycles. The summed E-state index contributed by atoms with van der Waals surface area (Å²) in [6.07, 6.45) is 6.94. The normalized spacial score (nSPS) is 23.5. The van der Waals surface area contributed by atoms with E-state index < -0.39 is 5.97 Å². The number of hydrogen-bond donors (Lipinski definition) is 1. The van der Waals surface area contributed by atoms with Gasteiger partial charge in [-0.05, 0) is 49.8 Å². The Morgan fingerprint density at radius 2 is 1.96 bits per heavy atom. The highest BCUT2D eigenvalue weighted by Crippen LogP contribution is 2.35. The smallest absolute Gasteiger partial charge is 0.340 e. The van der Waals surface area contributed by atoms with Crippen LogP contribution in [0, 0.1) is 5.92 Å². The first-order valence-electron chi connectivity index (χ1n) is 8.58. The number of nitrogens with two attached hydrogens (primary N) is 1. The van der Waals surface area contributed by atoms with Crippen LogP contribution in [0.2, 0.25) is 5.02 Å². The first-order chi connectivity index (χ1) is 11.6. The van der Waals surface area contributed by atoms with E-state index in [9.17, 15) is 9.59 Å². The minimum absolute atomic E-state index is 0.104. The Balaban J connectivity index is 1.59. The highest BCUT2D eigenvalue weighted by Gasteiger charge is 2.35. The number of esters is 1. The predicted molar refractivity (Wildman–Crippen MR) is 92.8 cm³/mol. The van der Waals surface area contributed by atoms with Gasteiger partial charge in [-0.25, -0.2) is 4.79 Å². The molecule has 5 nitrogen and oxygen atoms in total. The lowest BCUT2D eigenvalue weighted by Crippen LogP contribution is -2.50. The van der Waals surface area contributed by atoms with Crippen LogP contribution < -0.4 is 5.73 Å². The fraction of sp³-hybridized carbons (Fsp3) is 0.556. The minimum atomic E-state index is -0.588. The van der Waals surface area contributed by atoms with E-state index in [1.165, 1.54) is 37.8 Å². The van der Waals surface area contributed by atoms with Gasteiger partial charge in [0.25, 0.3) is 5.91 Å². The molecule has 2 aliphatic rings. The number of benzene rings is 1. The predicted octanol–water partition coefficient (Wildman–Crippen LogP) is 3.26. The maximum Gasteiger partial charge on any atom is 0.340 e. The maximum absolute atomic E-state index is 12.5. The standard InChI is InChI=1S/C18H23ClN2O3/c19-13-7-8-14(15(20)10-13)18(23)24-11-17(22)21-9-3-5-12-4-1-2-6-16(12)21/h7-8,10,12,16H,1-6,9,11,20H2/t12-,16-/m1/s1. The number of fused-ring (bicyclic) bond motifs is 1. The van der Waals surface area contributed by atoms with Crippen LogP contribution in [-0.4, -0.2) is 36.0 Å². The fourth-order valence-electron chi connectivity index (χ4n) is 3.94. The van der Waals surface area contributed by atoms with Gasteiger partial charge in [-0.2, -0.15) is 0 Å². The van der Waals surface area contributed by atoms with Gasteiger partial charge in [0.1, 0.15) is 0 Å². The van der Waals surface area contributed by atoms with Crippen LogP contribution in [0.4, 0.5) is 5.69 Å². The first-order valence-corrected chi connectivity index (χ1v) is 8.95. The number of carbonyl (C=O) groups excluding carboxylic acids is 2. The fourth-order valence-corrected chi connectivity index (χ4v) is 4.12. The summed E-state index contributed by atoms with van der Waals surface area (Å²) < 4.78 is 5.19. The molecule has 0 unspecified atom stereocenters. The van der Waals surface area contributed by atoms with E-state index in [4.69, 9.17) is 22.1 Å². The summed E-state index contributed by atoms with van der Waals surface area (Å²) in [5.74, 6) is -0.0822. The van der Waals surface area contributed by atoms with Crippen molar-refractivity contribution in [3.05, 3.63) is 28.8 Å². The number of anilines is 1. The van der Waals surface area contributed by atoms with Gasteiger partial charge in [-0.3, -0.25) is 4.79 Å². The maximum atomic E-state index is 12.5. The number of likely N-dealkylation sites (tertiary alicyclic amines) is 1. The second kappa shape index (κ2) is 7.43. The second-order valence-electron chi connectivity index (χ2n) is 6.65. The summed E-state index contributed by atoms with van der Waals surface area (Å²) in [4.78, 5) is 26.6. The molecular weight excluding hydrogens is 328 g/mol. The van der Waals surface area contributed by atoms with E-state index in [0.717, 1.165) is 19.4 Å². The molecule has 1 saturated carbocycles. The SMILES string of the molecule is Nc1cc(Cl)ccc1C(=O)OCC(=O)N1CCC[C@H]2CCCC[C@H]21. The van der Waals surface area contributed by atoms with Crippen molar-refractivity contribution in [2.45, 2.75) is 44.6 Å². The molecule has 2 atom stereocenters. The third-order valence-corrected chi connectivity index (χ3v) is 5.36. The number of hydrogen-bond acceptors (Lipinski definition) is 4. The molecule has 1 amide bonds. The molecule has 2 N–H and O–H groups in total. The Labute approximate surface area is 147 Å². The van der Waals surface area contributed by atoms with Gasteiger partial charge in [0, 0.05) is 23.3 Å². The number of halogens is 1. The number of carbonyl (C=O) groups is 2. The van der Waals surface area contributed by atoms with Crippen molar-refractivity contribution in [3.63, 3.8) is 0 Å². The molecule has 1 aromatic carbocycles. The molecule has 3 rings (SSSR count). The van der Waals surface area contributed by atoms with Gasteiger partial charge in [-0.15, -0.1) is 0 Å². The van der Waals surface area contributed by atoms with Crippen LogP contribution in [0.5, 0.6) is 0 Å². The van der Waals surface area contributed by atoms with Crippen molar-refractivity contribution >= 4 is 29.2 Å². The topological polar surface area (TPSA) is 72.6 Å². The molecule has 24 heavy (non-hydrogen) atoms. The van der Waals surface area contributed by atoms with E-state index >= 15 is 0 Å². The zero-order valence-electron chi connectivity index (χ0n) is 13.7. The Morgan fingerprint density at radius 1 is 1.21 bits per heavy atom. The lowest BCUT2D eigenvalue weighted by atomic mass is 9.78. The highest BCUT2D eigenvalue weighted by molar-refractivity contribution is 6.31. The van der Waals surface area contributed by atoms with Crippen LogP contribution in [0.25, 0.3) is 0 Å². The number of rotatable bonds is 3. The first kappa shape index (κ1) is 17.1. The summed E-state index contributed by atoms with van der Waals surface area (Å²) in [6, 6.07) is 4.91. The number of nitrogen functional groups attached to an aromatic ring is 1. The largest absolute Gasteiger partial charge is 0.452 e. The quantitative estimate of drug-likeness (QED) is 0.670. The molecule has 0 spiro atoms. The molecule has 1 aromatic rings. The van der Waals surface area contributed by atoms with Crippen molar-refractivity contribution < 1.29 is 14.3 Å². The van der Waals surface area contributed by atoms with E-state index in [1.54, 1.807) is 6.07 Å². The lowest BCUT2D eigenvalue weighted by Gasteiger charge is -2.44. The van der Waals surface area contributed by atoms with Gasteiger partial charge in [0.05, 0.1) is 5.56 Å². The number of nitrogens with zero attached hydrogens (tertiary/aromatic N) is 1. The average Bonchev–Trinajstić information content (AvgIpc) is 2.59. The zero-order chi connectivity index (χ0) is 17.1. The van der Waals surface area contributed by atoms with Gasteiger partial charge in [0.15, 0.2) is 6.61 Å². The van der Waals surface area contributed by atoms with Crippen LogP contribution in [-0.2, 0) is 9.53 Å². The Kier molecular flexibility index (Phi) is 5.29. The van der Waals surface area contributed by atoms with Gasteiger partial charge in [-0.1, -0.05) is 24.4 Å². The molecule has 1 saturated heterocycles. The van der Waals surface area contributed by atoms with E-state index in [2.05, 4.69) is 0 Å². The van der Waals surface area contributed by atoms with Crippen LogP contribution in [0.15, 0.2) is 18.2 Å². The molecule has 0 bridgehead atoms. The van der Waals surface area contributed by atoms with E-state index in [1.807, 2.05) is 4.90 Å². The Morgan fingerprint density at radius 3 is 2.75 bits per heavy atom.